The lowest BCUT2D eigenvalue weighted by Crippen LogP contribution is -2.12. The van der Waals surface area contributed by atoms with Crippen molar-refractivity contribution in [3.63, 3.8) is 0 Å². The van der Waals surface area contributed by atoms with Crippen LogP contribution < -0.4 is 11.1 Å². The number of benzene rings is 2. The molecule has 2 aromatic rings. The molecule has 7 heteroatoms. The second kappa shape index (κ2) is 5.30. The topological polar surface area (TPSA) is 89.3 Å². The zero-order valence-corrected chi connectivity index (χ0v) is 11.0. The molecule has 0 spiro atoms. The molecule has 0 aromatic heterocycles. The van der Waals surface area contributed by atoms with Crippen LogP contribution in [0.2, 0.25) is 0 Å². The summed E-state index contributed by atoms with van der Waals surface area (Å²) in [6.07, 6.45) is 0. The van der Waals surface area contributed by atoms with Crippen molar-refractivity contribution in [3.05, 3.63) is 54.1 Å². The van der Waals surface area contributed by atoms with E-state index in [1.165, 1.54) is 18.2 Å². The first kappa shape index (κ1) is 14.0. The molecular formula is C13H11FN2O3S. The Morgan fingerprint density at radius 1 is 1.10 bits per heavy atom. The summed E-state index contributed by atoms with van der Waals surface area (Å²) in [4.78, 5) is 11.4. The Labute approximate surface area is 115 Å². The highest BCUT2D eigenvalue weighted by atomic mass is 32.3. The Morgan fingerprint density at radius 2 is 1.80 bits per heavy atom. The van der Waals surface area contributed by atoms with Gasteiger partial charge in [0, 0.05) is 16.9 Å². The molecule has 0 aliphatic rings. The molecule has 104 valence electrons. The number of hydrogen-bond donors (Lipinski definition) is 2. The van der Waals surface area contributed by atoms with Crippen molar-refractivity contribution in [2.75, 3.05) is 11.1 Å². The Morgan fingerprint density at radius 3 is 2.45 bits per heavy atom. The molecule has 2 aromatic carbocycles. The minimum absolute atomic E-state index is 0.177. The van der Waals surface area contributed by atoms with E-state index >= 15 is 0 Å². The van der Waals surface area contributed by atoms with Gasteiger partial charge in [0.05, 0.1) is 0 Å². The van der Waals surface area contributed by atoms with Gasteiger partial charge in [-0.2, -0.15) is 8.42 Å². The van der Waals surface area contributed by atoms with Crippen LogP contribution in [0.1, 0.15) is 10.4 Å². The summed E-state index contributed by atoms with van der Waals surface area (Å²) in [6.45, 7) is 0. The third-order valence-electron chi connectivity index (χ3n) is 2.52. The van der Waals surface area contributed by atoms with Crippen molar-refractivity contribution in [2.45, 2.75) is 4.90 Å². The zero-order valence-electron chi connectivity index (χ0n) is 10.2. The highest BCUT2D eigenvalue weighted by Crippen LogP contribution is 2.18. The minimum atomic E-state index is -4.80. The third-order valence-corrected chi connectivity index (χ3v) is 3.34. The van der Waals surface area contributed by atoms with Gasteiger partial charge >= 0.3 is 10.2 Å². The first-order valence-electron chi connectivity index (χ1n) is 5.58. The molecule has 0 fully saturated rings. The number of rotatable bonds is 3. The van der Waals surface area contributed by atoms with Gasteiger partial charge in [0.15, 0.2) is 0 Å². The predicted molar refractivity (Wildman–Crippen MR) is 73.5 cm³/mol. The molecule has 0 atom stereocenters. The molecule has 5 nitrogen and oxygen atoms in total. The van der Waals surface area contributed by atoms with Crippen molar-refractivity contribution in [1.29, 1.82) is 0 Å². The summed E-state index contributed by atoms with van der Waals surface area (Å²) in [7, 11) is -4.80. The molecule has 0 aliphatic heterocycles. The van der Waals surface area contributed by atoms with Crippen LogP contribution in [-0.2, 0) is 10.2 Å². The summed E-state index contributed by atoms with van der Waals surface area (Å²) in [5, 5.41) is 2.47. The van der Waals surface area contributed by atoms with Gasteiger partial charge in [-0.15, -0.1) is 3.89 Å². The molecule has 20 heavy (non-hydrogen) atoms. The van der Waals surface area contributed by atoms with Gasteiger partial charge in [-0.3, -0.25) is 4.79 Å². The van der Waals surface area contributed by atoms with Crippen molar-refractivity contribution in [3.8, 4) is 0 Å². The van der Waals surface area contributed by atoms with Crippen LogP contribution in [0.5, 0.6) is 0 Å². The second-order valence-electron chi connectivity index (χ2n) is 4.05. The molecule has 0 bridgehead atoms. The number of hydrogen-bond acceptors (Lipinski definition) is 4. The smallest absolute Gasteiger partial charge is 0.332 e. The van der Waals surface area contributed by atoms with Gasteiger partial charge in [-0.25, -0.2) is 0 Å². The number of anilines is 2. The highest BCUT2D eigenvalue weighted by Gasteiger charge is 2.13. The van der Waals surface area contributed by atoms with Gasteiger partial charge in [0.25, 0.3) is 5.91 Å². The molecule has 2 rings (SSSR count). The van der Waals surface area contributed by atoms with Crippen LogP contribution in [0.3, 0.4) is 0 Å². The van der Waals surface area contributed by atoms with E-state index in [4.69, 9.17) is 5.73 Å². The normalized spacial score (nSPS) is 11.1. The van der Waals surface area contributed by atoms with Crippen LogP contribution in [0.25, 0.3) is 0 Å². The standard InChI is InChI=1S/C13H11FN2O3S/c14-20(18,19)12-6-2-5-11(8-12)16-13(17)9-3-1-4-10(15)7-9/h1-8H,15H2,(H,16,17). The lowest BCUT2D eigenvalue weighted by Gasteiger charge is -2.06. The Bertz CT molecular complexity index is 760. The molecule has 0 heterocycles. The fraction of sp³-hybridized carbons (Fsp3) is 0. The first-order chi connectivity index (χ1) is 9.36. The van der Waals surface area contributed by atoms with E-state index < -0.39 is 21.0 Å². The maximum absolute atomic E-state index is 12.9. The lowest BCUT2D eigenvalue weighted by molar-refractivity contribution is 0.102. The van der Waals surface area contributed by atoms with E-state index in [1.54, 1.807) is 18.2 Å². The average molecular weight is 294 g/mol. The monoisotopic (exact) mass is 294 g/mol. The summed E-state index contributed by atoms with van der Waals surface area (Å²) in [5.74, 6) is -0.467. The number of nitrogen functional groups attached to an aromatic ring is 1. The maximum Gasteiger partial charge on any atom is 0.332 e. The molecular weight excluding hydrogens is 283 g/mol. The molecule has 0 unspecified atom stereocenters. The SMILES string of the molecule is Nc1cccc(C(=O)Nc2cccc(S(=O)(=O)F)c2)c1. The number of halogens is 1. The number of nitrogens with two attached hydrogens (primary N) is 1. The Kier molecular flexibility index (Phi) is 3.71. The Hall–Kier alpha value is -2.41. The van der Waals surface area contributed by atoms with Gasteiger partial charge in [-0.05, 0) is 36.4 Å². The number of nitrogens with one attached hydrogen (secondary N) is 1. The van der Waals surface area contributed by atoms with E-state index in [0.717, 1.165) is 12.1 Å². The van der Waals surface area contributed by atoms with Crippen LogP contribution in [0.4, 0.5) is 15.3 Å². The van der Waals surface area contributed by atoms with Crippen LogP contribution in [0, 0.1) is 0 Å². The molecule has 0 aliphatic carbocycles. The molecule has 3 N–H and O–H groups in total. The highest BCUT2D eigenvalue weighted by molar-refractivity contribution is 7.86. The summed E-state index contributed by atoms with van der Waals surface area (Å²) >= 11 is 0. The van der Waals surface area contributed by atoms with Crippen molar-refractivity contribution in [1.82, 2.24) is 0 Å². The third kappa shape index (κ3) is 3.33. The van der Waals surface area contributed by atoms with Gasteiger partial charge in [0.1, 0.15) is 4.90 Å². The fourth-order valence-electron chi connectivity index (χ4n) is 1.61. The van der Waals surface area contributed by atoms with Gasteiger partial charge in [-0.1, -0.05) is 12.1 Å². The fourth-order valence-corrected chi connectivity index (χ4v) is 2.12. The van der Waals surface area contributed by atoms with E-state index in [1.807, 2.05) is 0 Å². The van der Waals surface area contributed by atoms with E-state index in [-0.39, 0.29) is 5.69 Å². The van der Waals surface area contributed by atoms with Crippen molar-refractivity contribution in [2.24, 2.45) is 0 Å². The van der Waals surface area contributed by atoms with Gasteiger partial charge in [0.2, 0.25) is 0 Å². The predicted octanol–water partition coefficient (Wildman–Crippen LogP) is 2.18. The zero-order chi connectivity index (χ0) is 14.8. The summed E-state index contributed by atoms with van der Waals surface area (Å²) < 4.78 is 34.4. The van der Waals surface area contributed by atoms with Crippen molar-refractivity contribution >= 4 is 27.5 Å². The summed E-state index contributed by atoms with van der Waals surface area (Å²) in [5.41, 5.74) is 6.49. The van der Waals surface area contributed by atoms with Crippen LogP contribution >= 0.6 is 0 Å². The molecule has 0 radical (unpaired) electrons. The quantitative estimate of drug-likeness (QED) is 0.670. The average Bonchev–Trinajstić information content (AvgIpc) is 2.38. The van der Waals surface area contributed by atoms with Gasteiger partial charge < -0.3 is 11.1 Å². The maximum atomic E-state index is 12.9. The summed E-state index contributed by atoms with van der Waals surface area (Å²) in [6, 6.07) is 11.2. The van der Waals surface area contributed by atoms with Crippen molar-refractivity contribution < 1.29 is 17.1 Å². The number of carbonyl (C=O) groups excluding carboxylic acids is 1. The van der Waals surface area contributed by atoms with Crippen LogP contribution in [-0.4, -0.2) is 14.3 Å². The molecule has 0 saturated carbocycles. The second-order valence-corrected chi connectivity index (χ2v) is 5.39. The molecule has 1 amide bonds. The first-order valence-corrected chi connectivity index (χ1v) is 6.96. The van der Waals surface area contributed by atoms with E-state index in [0.29, 0.717) is 11.3 Å². The minimum Gasteiger partial charge on any atom is -0.399 e. The number of amides is 1. The van der Waals surface area contributed by atoms with E-state index in [2.05, 4.69) is 5.32 Å². The molecule has 0 saturated heterocycles. The largest absolute Gasteiger partial charge is 0.399 e. The van der Waals surface area contributed by atoms with E-state index in [9.17, 15) is 17.1 Å². The Balaban J connectivity index is 2.25. The lowest BCUT2D eigenvalue weighted by atomic mass is 10.2. The van der Waals surface area contributed by atoms with Crippen LogP contribution in [0.15, 0.2) is 53.4 Å². The number of carbonyl (C=O) groups is 1.